The van der Waals surface area contributed by atoms with Crippen LogP contribution in [0.25, 0.3) is 6.08 Å². The van der Waals surface area contributed by atoms with E-state index in [1.165, 1.54) is 18.2 Å². The van der Waals surface area contributed by atoms with Crippen LogP contribution in [0.1, 0.15) is 5.56 Å². The van der Waals surface area contributed by atoms with Crippen molar-refractivity contribution in [3.8, 4) is 0 Å². The van der Waals surface area contributed by atoms with Gasteiger partial charge in [-0.15, -0.1) is 0 Å². The molecule has 22 heavy (non-hydrogen) atoms. The van der Waals surface area contributed by atoms with E-state index in [1.807, 2.05) is 43.3 Å². The summed E-state index contributed by atoms with van der Waals surface area (Å²) in [5.74, 6) is -1.06. The van der Waals surface area contributed by atoms with Gasteiger partial charge in [-0.1, -0.05) is 29.8 Å². The SMILES string of the molecule is CN(C)c1ccc(/C=C/C(=O)Nc2cccc(Cl)c2F)cc1. The molecule has 0 heterocycles. The van der Waals surface area contributed by atoms with E-state index in [2.05, 4.69) is 5.32 Å². The molecule has 0 unspecified atom stereocenters. The summed E-state index contributed by atoms with van der Waals surface area (Å²) >= 11 is 5.66. The standard InChI is InChI=1S/C17H16ClFN2O/c1-21(2)13-9-6-12(7-10-13)8-11-16(22)20-15-5-3-4-14(18)17(15)19/h3-11H,1-2H3,(H,20,22)/b11-8+. The molecule has 2 aromatic rings. The zero-order valence-corrected chi connectivity index (χ0v) is 13.1. The topological polar surface area (TPSA) is 32.3 Å². The summed E-state index contributed by atoms with van der Waals surface area (Å²) in [5, 5.41) is 2.43. The largest absolute Gasteiger partial charge is 0.378 e. The van der Waals surface area contributed by atoms with Gasteiger partial charge in [-0.25, -0.2) is 4.39 Å². The fraction of sp³-hybridized carbons (Fsp3) is 0.118. The smallest absolute Gasteiger partial charge is 0.248 e. The molecule has 2 aromatic carbocycles. The van der Waals surface area contributed by atoms with Crippen molar-refractivity contribution in [1.82, 2.24) is 0 Å². The third-order valence-electron chi connectivity index (χ3n) is 3.05. The Hall–Kier alpha value is -2.33. The number of nitrogens with zero attached hydrogens (tertiary/aromatic N) is 1. The minimum atomic E-state index is -0.638. The highest BCUT2D eigenvalue weighted by Gasteiger charge is 2.07. The summed E-state index contributed by atoms with van der Waals surface area (Å²) in [5.41, 5.74) is 2.01. The van der Waals surface area contributed by atoms with Crippen molar-refractivity contribution in [1.29, 1.82) is 0 Å². The van der Waals surface area contributed by atoms with Gasteiger partial charge < -0.3 is 10.2 Å². The fourth-order valence-electron chi connectivity index (χ4n) is 1.83. The second-order valence-corrected chi connectivity index (χ2v) is 5.32. The predicted octanol–water partition coefficient (Wildman–Crippen LogP) is 4.20. The van der Waals surface area contributed by atoms with Crippen LogP contribution >= 0.6 is 11.6 Å². The molecule has 0 fully saturated rings. The minimum absolute atomic E-state index is 0.0268. The Balaban J connectivity index is 2.03. The van der Waals surface area contributed by atoms with Crippen LogP contribution in [0.2, 0.25) is 5.02 Å². The number of carbonyl (C=O) groups excluding carboxylic acids is 1. The number of rotatable bonds is 4. The Morgan fingerprint density at radius 3 is 2.50 bits per heavy atom. The number of halogens is 2. The molecule has 1 N–H and O–H groups in total. The first-order chi connectivity index (χ1) is 10.5. The van der Waals surface area contributed by atoms with Crippen molar-refractivity contribution in [3.63, 3.8) is 0 Å². The first-order valence-corrected chi connectivity index (χ1v) is 7.05. The van der Waals surface area contributed by atoms with E-state index in [9.17, 15) is 9.18 Å². The van der Waals surface area contributed by atoms with E-state index in [0.29, 0.717) is 0 Å². The molecule has 2 rings (SSSR count). The molecule has 0 bridgehead atoms. The van der Waals surface area contributed by atoms with Gasteiger partial charge in [0, 0.05) is 25.9 Å². The third kappa shape index (κ3) is 4.09. The van der Waals surface area contributed by atoms with Gasteiger partial charge in [0.1, 0.15) is 0 Å². The van der Waals surface area contributed by atoms with E-state index in [-0.39, 0.29) is 10.7 Å². The molecule has 5 heteroatoms. The summed E-state index contributed by atoms with van der Waals surface area (Å²) in [6.07, 6.45) is 3.02. The average molecular weight is 319 g/mol. The summed E-state index contributed by atoms with van der Waals surface area (Å²) < 4.78 is 13.7. The van der Waals surface area contributed by atoms with Crippen LogP contribution in [0.3, 0.4) is 0 Å². The second kappa shape index (κ2) is 7.09. The molecule has 0 aromatic heterocycles. The van der Waals surface area contributed by atoms with Gasteiger partial charge in [0.25, 0.3) is 0 Å². The number of hydrogen-bond acceptors (Lipinski definition) is 2. The van der Waals surface area contributed by atoms with Gasteiger partial charge in [0.2, 0.25) is 5.91 Å². The van der Waals surface area contributed by atoms with Crippen molar-refractivity contribution in [3.05, 3.63) is 64.9 Å². The van der Waals surface area contributed by atoms with Crippen LogP contribution < -0.4 is 10.2 Å². The highest BCUT2D eigenvalue weighted by Crippen LogP contribution is 2.22. The van der Waals surface area contributed by atoms with Crippen LogP contribution in [0.15, 0.2) is 48.5 Å². The molecule has 0 aliphatic rings. The van der Waals surface area contributed by atoms with Crippen molar-refractivity contribution < 1.29 is 9.18 Å². The number of anilines is 2. The van der Waals surface area contributed by atoms with Crippen molar-refractivity contribution in [2.75, 3.05) is 24.3 Å². The number of benzene rings is 2. The number of amides is 1. The summed E-state index contributed by atoms with van der Waals surface area (Å²) in [4.78, 5) is 13.8. The lowest BCUT2D eigenvalue weighted by Gasteiger charge is -2.11. The lowest BCUT2D eigenvalue weighted by molar-refractivity contribution is -0.111. The van der Waals surface area contributed by atoms with Gasteiger partial charge in [-0.3, -0.25) is 4.79 Å². The average Bonchev–Trinajstić information content (AvgIpc) is 2.50. The van der Waals surface area contributed by atoms with Crippen molar-refractivity contribution in [2.45, 2.75) is 0 Å². The van der Waals surface area contributed by atoms with Gasteiger partial charge in [0.15, 0.2) is 5.82 Å². The van der Waals surface area contributed by atoms with Gasteiger partial charge >= 0.3 is 0 Å². The number of hydrogen-bond donors (Lipinski definition) is 1. The van der Waals surface area contributed by atoms with E-state index >= 15 is 0 Å². The molecule has 0 aliphatic heterocycles. The van der Waals surface area contributed by atoms with Crippen LogP contribution in [-0.2, 0) is 4.79 Å². The molecular weight excluding hydrogens is 303 g/mol. The monoisotopic (exact) mass is 318 g/mol. The molecule has 0 saturated heterocycles. The second-order valence-electron chi connectivity index (χ2n) is 4.91. The van der Waals surface area contributed by atoms with Crippen molar-refractivity contribution in [2.24, 2.45) is 0 Å². The number of nitrogens with one attached hydrogen (secondary N) is 1. The maximum atomic E-state index is 13.7. The highest BCUT2D eigenvalue weighted by atomic mass is 35.5. The maximum Gasteiger partial charge on any atom is 0.248 e. The Kier molecular flexibility index (Phi) is 5.17. The van der Waals surface area contributed by atoms with Crippen molar-refractivity contribution >= 4 is 35.0 Å². The zero-order valence-electron chi connectivity index (χ0n) is 12.3. The van der Waals surface area contributed by atoms with Crippen LogP contribution in [-0.4, -0.2) is 20.0 Å². The first kappa shape index (κ1) is 16.0. The maximum absolute atomic E-state index is 13.7. The Morgan fingerprint density at radius 1 is 1.18 bits per heavy atom. The van der Waals surface area contributed by atoms with Gasteiger partial charge in [0.05, 0.1) is 10.7 Å². The molecule has 0 radical (unpaired) electrons. The molecule has 114 valence electrons. The number of carbonyl (C=O) groups is 1. The first-order valence-electron chi connectivity index (χ1n) is 6.68. The van der Waals surface area contributed by atoms with E-state index < -0.39 is 11.7 Å². The molecule has 0 spiro atoms. The van der Waals surface area contributed by atoms with Crippen LogP contribution in [0.4, 0.5) is 15.8 Å². The molecule has 1 amide bonds. The van der Waals surface area contributed by atoms with Gasteiger partial charge in [-0.2, -0.15) is 0 Å². The van der Waals surface area contributed by atoms with Crippen LogP contribution in [0, 0.1) is 5.82 Å². The lowest BCUT2D eigenvalue weighted by Crippen LogP contribution is -2.09. The normalized spacial score (nSPS) is 10.7. The summed E-state index contributed by atoms with van der Waals surface area (Å²) in [6.45, 7) is 0. The van der Waals surface area contributed by atoms with Crippen LogP contribution in [0.5, 0.6) is 0 Å². The van der Waals surface area contributed by atoms with E-state index in [4.69, 9.17) is 11.6 Å². The minimum Gasteiger partial charge on any atom is -0.378 e. The third-order valence-corrected chi connectivity index (χ3v) is 3.34. The molecule has 3 nitrogen and oxygen atoms in total. The summed E-state index contributed by atoms with van der Waals surface area (Å²) in [6, 6.07) is 12.2. The molecule has 0 atom stereocenters. The Morgan fingerprint density at radius 2 is 1.86 bits per heavy atom. The summed E-state index contributed by atoms with van der Waals surface area (Å²) in [7, 11) is 3.91. The fourth-order valence-corrected chi connectivity index (χ4v) is 2.00. The highest BCUT2D eigenvalue weighted by molar-refractivity contribution is 6.31. The Bertz CT molecular complexity index is 696. The predicted molar refractivity (Wildman–Crippen MR) is 89.8 cm³/mol. The molecular formula is C17H16ClFN2O. The zero-order chi connectivity index (χ0) is 16.1. The van der Waals surface area contributed by atoms with E-state index in [1.54, 1.807) is 12.1 Å². The van der Waals surface area contributed by atoms with E-state index in [0.717, 1.165) is 11.3 Å². The quantitative estimate of drug-likeness (QED) is 0.857. The van der Waals surface area contributed by atoms with Gasteiger partial charge in [-0.05, 0) is 35.9 Å². The molecule has 0 saturated carbocycles. The Labute approximate surface area is 134 Å². The molecule has 0 aliphatic carbocycles. The lowest BCUT2D eigenvalue weighted by atomic mass is 10.2.